The van der Waals surface area contributed by atoms with Crippen molar-refractivity contribution < 1.29 is 0 Å². The van der Waals surface area contributed by atoms with Crippen LogP contribution in [0.2, 0.25) is 0 Å². The average Bonchev–Trinajstić information content (AvgIpc) is 2.30. The van der Waals surface area contributed by atoms with E-state index in [4.69, 9.17) is 11.6 Å². The Bertz CT molecular complexity index is 342. The topological polar surface area (TPSA) is 12.9 Å². The highest BCUT2D eigenvalue weighted by Gasteiger charge is 2.04. The van der Waals surface area contributed by atoms with Crippen molar-refractivity contribution in [2.45, 2.75) is 27.2 Å². The molecule has 0 aromatic carbocycles. The van der Waals surface area contributed by atoms with Gasteiger partial charge in [-0.2, -0.15) is 0 Å². The molecule has 1 rings (SSSR count). The summed E-state index contributed by atoms with van der Waals surface area (Å²) in [5.74, 6) is 0. The zero-order valence-electron chi connectivity index (χ0n) is 9.68. The smallest absolute Gasteiger partial charge is 0.0885 e. The van der Waals surface area contributed by atoms with Crippen LogP contribution < -0.4 is 0 Å². The van der Waals surface area contributed by atoms with Gasteiger partial charge in [-0.1, -0.05) is 57.7 Å². The zero-order chi connectivity index (χ0) is 11.8. The molecule has 0 unspecified atom stereocenters. The van der Waals surface area contributed by atoms with E-state index in [2.05, 4.69) is 25.1 Å². The third kappa shape index (κ3) is 3.88. The van der Waals surface area contributed by atoms with Crippen molar-refractivity contribution in [2.24, 2.45) is 0 Å². The van der Waals surface area contributed by atoms with E-state index in [1.54, 1.807) is 6.08 Å². The van der Waals surface area contributed by atoms with Gasteiger partial charge in [0.05, 0.1) is 10.7 Å². The molecule has 2 heteroatoms. The molecule has 0 saturated heterocycles. The van der Waals surface area contributed by atoms with Gasteiger partial charge in [-0.15, -0.1) is 0 Å². The van der Waals surface area contributed by atoms with Crippen molar-refractivity contribution >= 4 is 22.7 Å². The quantitative estimate of drug-likeness (QED) is 0.734. The molecule has 0 amide bonds. The fourth-order valence-corrected chi connectivity index (χ4v) is 1.24. The molecular weight excluding hydrogens is 206 g/mol. The van der Waals surface area contributed by atoms with Crippen LogP contribution in [0.1, 0.15) is 37.7 Å². The third-order valence-electron chi connectivity index (χ3n) is 1.82. The molecule has 15 heavy (non-hydrogen) atoms. The van der Waals surface area contributed by atoms with Gasteiger partial charge < -0.3 is 0 Å². The molecule has 0 atom stereocenters. The van der Waals surface area contributed by atoms with E-state index in [9.17, 15) is 0 Å². The van der Waals surface area contributed by atoms with Crippen LogP contribution >= 0.6 is 11.6 Å². The fraction of sp³-hybridized carbons (Fsp3) is 0.308. The van der Waals surface area contributed by atoms with Gasteiger partial charge in [-0.05, 0) is 12.5 Å². The first-order valence-electron chi connectivity index (χ1n) is 5.16. The van der Waals surface area contributed by atoms with Gasteiger partial charge in [0.15, 0.2) is 0 Å². The van der Waals surface area contributed by atoms with Crippen LogP contribution in [0.5, 0.6) is 0 Å². The average molecular weight is 224 g/mol. The van der Waals surface area contributed by atoms with Crippen molar-refractivity contribution in [3.8, 4) is 0 Å². The summed E-state index contributed by atoms with van der Waals surface area (Å²) in [4.78, 5) is 4.36. The van der Waals surface area contributed by atoms with Gasteiger partial charge in [-0.25, -0.2) is 0 Å². The van der Waals surface area contributed by atoms with E-state index in [1.165, 1.54) is 0 Å². The molecule has 0 radical (unpaired) electrons. The van der Waals surface area contributed by atoms with E-state index < -0.39 is 0 Å². The lowest BCUT2D eigenvalue weighted by Gasteiger charge is -2.04. The lowest BCUT2D eigenvalue weighted by Crippen LogP contribution is -1.94. The van der Waals surface area contributed by atoms with Gasteiger partial charge in [0.1, 0.15) is 0 Å². The largest absolute Gasteiger partial charge is 0.251 e. The summed E-state index contributed by atoms with van der Waals surface area (Å²) in [6.45, 7) is 13.4. The second-order valence-electron chi connectivity index (χ2n) is 2.70. The van der Waals surface area contributed by atoms with Crippen molar-refractivity contribution in [1.29, 1.82) is 0 Å². The van der Waals surface area contributed by atoms with Gasteiger partial charge in [0, 0.05) is 11.3 Å². The van der Waals surface area contributed by atoms with Crippen LogP contribution in [0.15, 0.2) is 25.3 Å². The van der Waals surface area contributed by atoms with Gasteiger partial charge >= 0.3 is 0 Å². The van der Waals surface area contributed by atoms with Crippen molar-refractivity contribution in [3.63, 3.8) is 0 Å². The molecule has 1 aromatic rings. The Kier molecular flexibility index (Phi) is 6.72. The maximum Gasteiger partial charge on any atom is 0.0885 e. The first-order valence-corrected chi connectivity index (χ1v) is 5.54. The highest BCUT2D eigenvalue weighted by molar-refractivity contribution is 6.48. The molecule has 0 aliphatic rings. The van der Waals surface area contributed by atoms with Crippen molar-refractivity contribution in [2.75, 3.05) is 0 Å². The Labute approximate surface area is 97.5 Å². The molecule has 1 heterocycles. The van der Waals surface area contributed by atoms with Crippen molar-refractivity contribution in [1.82, 2.24) is 4.98 Å². The second-order valence-corrected chi connectivity index (χ2v) is 3.16. The van der Waals surface area contributed by atoms with Gasteiger partial charge in [0.25, 0.3) is 0 Å². The maximum atomic E-state index is 5.81. The lowest BCUT2D eigenvalue weighted by atomic mass is 10.1. The molecular formula is C13H18ClN. The monoisotopic (exact) mass is 223 g/mol. The maximum absolute atomic E-state index is 5.81. The van der Waals surface area contributed by atoms with Crippen LogP contribution in [0.4, 0.5) is 0 Å². The number of hydrogen-bond acceptors (Lipinski definition) is 1. The molecule has 0 N–H and O–H groups in total. The highest BCUT2D eigenvalue weighted by atomic mass is 35.5. The molecule has 1 nitrogen and oxygen atoms in total. The van der Waals surface area contributed by atoms with E-state index in [0.29, 0.717) is 5.03 Å². The molecule has 82 valence electrons. The predicted octanol–water partition coefficient (Wildman–Crippen LogP) is 4.52. The van der Waals surface area contributed by atoms with Gasteiger partial charge in [0.2, 0.25) is 0 Å². The summed E-state index contributed by atoms with van der Waals surface area (Å²) in [7, 11) is 0. The Balaban J connectivity index is 0.000000921. The third-order valence-corrected chi connectivity index (χ3v) is 2.00. The summed E-state index contributed by atoms with van der Waals surface area (Å²) in [5, 5.41) is 0.463. The summed E-state index contributed by atoms with van der Waals surface area (Å²) >= 11 is 5.81. The van der Waals surface area contributed by atoms with E-state index >= 15 is 0 Å². The van der Waals surface area contributed by atoms with Crippen LogP contribution in [0.3, 0.4) is 0 Å². The van der Waals surface area contributed by atoms with Crippen LogP contribution in [0.25, 0.3) is 11.1 Å². The Morgan fingerprint density at radius 1 is 1.47 bits per heavy atom. The standard InChI is InChI=1S/C11H12ClN.C2H6/c1-4-9-6-7-10(5-2)13-11(9)8(3)12;1-2/h4,6-7H,1,3,5H2,2H3;1-2H3. The summed E-state index contributed by atoms with van der Waals surface area (Å²) in [6.07, 6.45) is 2.63. The number of halogens is 1. The highest BCUT2D eigenvalue weighted by Crippen LogP contribution is 2.20. The number of pyridine rings is 1. The first-order chi connectivity index (χ1) is 7.19. The molecule has 1 aromatic heterocycles. The van der Waals surface area contributed by atoms with Gasteiger partial charge in [-0.3, -0.25) is 4.98 Å². The zero-order valence-corrected chi connectivity index (χ0v) is 10.4. The summed E-state index contributed by atoms with van der Waals surface area (Å²) < 4.78 is 0. The molecule has 0 bridgehead atoms. The lowest BCUT2D eigenvalue weighted by molar-refractivity contribution is 1.03. The second kappa shape index (κ2) is 7.24. The van der Waals surface area contributed by atoms with Crippen LogP contribution in [0, 0.1) is 0 Å². The van der Waals surface area contributed by atoms with Crippen molar-refractivity contribution in [3.05, 3.63) is 42.2 Å². The predicted molar refractivity (Wildman–Crippen MR) is 69.9 cm³/mol. The minimum absolute atomic E-state index is 0.463. The SMILES string of the molecule is C=Cc1ccc(CC)nc1C(=C)Cl.CC. The van der Waals surface area contributed by atoms with E-state index in [-0.39, 0.29) is 0 Å². The van der Waals surface area contributed by atoms with E-state index in [0.717, 1.165) is 23.4 Å². The Morgan fingerprint density at radius 2 is 2.07 bits per heavy atom. The Morgan fingerprint density at radius 3 is 2.47 bits per heavy atom. The fourth-order valence-electron chi connectivity index (χ4n) is 1.09. The molecule has 0 aliphatic carbocycles. The minimum atomic E-state index is 0.463. The normalized spacial score (nSPS) is 8.80. The Hall–Kier alpha value is -1.08. The minimum Gasteiger partial charge on any atom is -0.251 e. The number of aromatic nitrogens is 1. The molecule has 0 saturated carbocycles. The number of aryl methyl sites for hydroxylation is 1. The molecule has 0 fully saturated rings. The van der Waals surface area contributed by atoms with Crippen LogP contribution in [-0.4, -0.2) is 4.98 Å². The number of hydrogen-bond donors (Lipinski definition) is 0. The van der Waals surface area contributed by atoms with Crippen LogP contribution in [-0.2, 0) is 6.42 Å². The first kappa shape index (κ1) is 13.9. The molecule has 0 aliphatic heterocycles. The summed E-state index contributed by atoms with van der Waals surface area (Å²) in [6, 6.07) is 3.93. The van der Waals surface area contributed by atoms with E-state index in [1.807, 2.05) is 26.0 Å². The summed E-state index contributed by atoms with van der Waals surface area (Å²) in [5.41, 5.74) is 2.68. The number of rotatable bonds is 3. The molecule has 0 spiro atoms. The number of nitrogens with zero attached hydrogens (tertiary/aromatic N) is 1.